The normalized spacial score (nSPS) is 14.3. The van der Waals surface area contributed by atoms with Gasteiger partial charge in [0.15, 0.2) is 11.5 Å². The minimum Gasteiger partial charge on any atom is -0.497 e. The van der Waals surface area contributed by atoms with Crippen LogP contribution in [0.3, 0.4) is 0 Å². The van der Waals surface area contributed by atoms with Crippen molar-refractivity contribution in [1.82, 2.24) is 0 Å². The summed E-state index contributed by atoms with van der Waals surface area (Å²) in [5.41, 5.74) is 8.35. The van der Waals surface area contributed by atoms with Gasteiger partial charge in [0.05, 0.1) is 32.3 Å². The lowest BCUT2D eigenvalue weighted by Crippen LogP contribution is -2.38. The highest BCUT2D eigenvalue weighted by Gasteiger charge is 2.42. The van der Waals surface area contributed by atoms with Gasteiger partial charge in [-0.1, -0.05) is 37.1 Å². The van der Waals surface area contributed by atoms with Gasteiger partial charge in [0.2, 0.25) is 11.8 Å². The van der Waals surface area contributed by atoms with Gasteiger partial charge < -0.3 is 25.3 Å². The van der Waals surface area contributed by atoms with Crippen LogP contribution < -0.4 is 25.3 Å². The molecule has 35 heavy (non-hydrogen) atoms. The number of anilines is 1. The van der Waals surface area contributed by atoms with E-state index >= 15 is 0 Å². The number of nitrogens with one attached hydrogen (secondary N) is 1. The van der Waals surface area contributed by atoms with E-state index in [2.05, 4.69) is 5.32 Å². The molecule has 7 heteroatoms. The van der Waals surface area contributed by atoms with Crippen molar-refractivity contribution in [2.24, 2.45) is 5.73 Å². The average Bonchev–Trinajstić information content (AvgIpc) is 3.39. The molecule has 182 valence electrons. The zero-order valence-corrected chi connectivity index (χ0v) is 20.2. The summed E-state index contributed by atoms with van der Waals surface area (Å²) in [6.45, 7) is 0. The van der Waals surface area contributed by atoms with E-state index in [-0.39, 0.29) is 5.91 Å². The Balaban J connectivity index is 1.70. The molecule has 1 aliphatic rings. The smallest absolute Gasteiger partial charge is 0.249 e. The Labute approximate surface area is 205 Å². The van der Waals surface area contributed by atoms with Gasteiger partial charge in [0.25, 0.3) is 0 Å². The molecule has 3 aromatic carbocycles. The lowest BCUT2D eigenvalue weighted by molar-refractivity contribution is -0.121. The molecule has 0 unspecified atom stereocenters. The SMILES string of the molecule is COc1ccc(NC(=O)C2(c3ccc(-c4c(C(N)=O)ccc(OC)c4OC)cc3)CCCC2)cc1. The van der Waals surface area contributed by atoms with Crippen LogP contribution in [0.15, 0.2) is 60.7 Å². The van der Waals surface area contributed by atoms with Gasteiger partial charge in [-0.05, 0) is 60.4 Å². The lowest BCUT2D eigenvalue weighted by atomic mass is 9.77. The topological polar surface area (TPSA) is 99.9 Å². The first-order valence-corrected chi connectivity index (χ1v) is 11.5. The summed E-state index contributed by atoms with van der Waals surface area (Å²) in [5.74, 6) is 1.09. The maximum Gasteiger partial charge on any atom is 0.249 e. The predicted molar refractivity (Wildman–Crippen MR) is 135 cm³/mol. The Morgan fingerprint density at radius 3 is 2.03 bits per heavy atom. The lowest BCUT2D eigenvalue weighted by Gasteiger charge is -2.29. The number of nitrogens with two attached hydrogens (primary N) is 1. The quantitative estimate of drug-likeness (QED) is 0.482. The number of hydrogen-bond acceptors (Lipinski definition) is 5. The highest BCUT2D eigenvalue weighted by molar-refractivity contribution is 6.02. The van der Waals surface area contributed by atoms with Crippen LogP contribution in [-0.2, 0) is 10.2 Å². The monoisotopic (exact) mass is 474 g/mol. The van der Waals surface area contributed by atoms with E-state index in [1.807, 2.05) is 48.5 Å². The van der Waals surface area contributed by atoms with Crippen molar-refractivity contribution in [3.8, 4) is 28.4 Å². The average molecular weight is 475 g/mol. The van der Waals surface area contributed by atoms with Crippen LogP contribution in [0.2, 0.25) is 0 Å². The second-order valence-corrected chi connectivity index (χ2v) is 8.64. The highest BCUT2D eigenvalue weighted by Crippen LogP contribution is 2.44. The summed E-state index contributed by atoms with van der Waals surface area (Å²) in [6.07, 6.45) is 3.49. The van der Waals surface area contributed by atoms with Crippen LogP contribution in [0.4, 0.5) is 5.69 Å². The Kier molecular flexibility index (Phi) is 6.96. The Morgan fingerprint density at radius 2 is 1.49 bits per heavy atom. The van der Waals surface area contributed by atoms with Gasteiger partial charge in [0.1, 0.15) is 5.75 Å². The number of hydrogen-bond donors (Lipinski definition) is 2. The van der Waals surface area contributed by atoms with E-state index < -0.39 is 11.3 Å². The molecule has 0 atom stereocenters. The summed E-state index contributed by atoms with van der Waals surface area (Å²) >= 11 is 0. The standard InChI is InChI=1S/C28H30N2O5/c1-33-21-12-10-20(11-13-21)30-27(32)28(16-4-5-17-28)19-8-6-18(7-9-19)24-22(26(29)31)14-15-23(34-2)25(24)35-3/h6-15H,4-5,16-17H2,1-3H3,(H2,29,31)(H,30,32). The summed E-state index contributed by atoms with van der Waals surface area (Å²) < 4.78 is 16.2. The number of primary amides is 1. The van der Waals surface area contributed by atoms with Gasteiger partial charge >= 0.3 is 0 Å². The summed E-state index contributed by atoms with van der Waals surface area (Å²) in [7, 11) is 4.68. The van der Waals surface area contributed by atoms with Gasteiger partial charge in [-0.3, -0.25) is 9.59 Å². The first-order valence-electron chi connectivity index (χ1n) is 11.5. The van der Waals surface area contributed by atoms with Crippen LogP contribution in [0, 0.1) is 0 Å². The summed E-state index contributed by atoms with van der Waals surface area (Å²) in [4.78, 5) is 25.7. The van der Waals surface area contributed by atoms with Crippen molar-refractivity contribution in [3.63, 3.8) is 0 Å². The van der Waals surface area contributed by atoms with E-state index in [0.29, 0.717) is 22.6 Å². The minimum atomic E-state index is -0.622. The first-order chi connectivity index (χ1) is 16.9. The number of rotatable bonds is 8. The minimum absolute atomic E-state index is 0.0234. The molecular formula is C28H30N2O5. The Morgan fingerprint density at radius 1 is 0.829 bits per heavy atom. The molecule has 2 amide bonds. The number of ether oxygens (including phenoxy) is 3. The van der Waals surface area contributed by atoms with Crippen molar-refractivity contribution in [1.29, 1.82) is 0 Å². The summed E-state index contributed by atoms with van der Waals surface area (Å²) in [5, 5.41) is 3.09. The maximum absolute atomic E-state index is 13.5. The van der Waals surface area contributed by atoms with Crippen molar-refractivity contribution in [2.75, 3.05) is 26.6 Å². The Hall–Kier alpha value is -4.00. The van der Waals surface area contributed by atoms with Crippen molar-refractivity contribution in [2.45, 2.75) is 31.1 Å². The predicted octanol–water partition coefficient (Wildman–Crippen LogP) is 4.93. The van der Waals surface area contributed by atoms with Gasteiger partial charge in [-0.2, -0.15) is 0 Å². The Bertz CT molecular complexity index is 1210. The van der Waals surface area contributed by atoms with E-state index in [9.17, 15) is 9.59 Å². The molecule has 7 nitrogen and oxygen atoms in total. The fourth-order valence-electron chi connectivity index (χ4n) is 4.93. The third-order valence-corrected chi connectivity index (χ3v) is 6.78. The van der Waals surface area contributed by atoms with E-state index in [1.165, 1.54) is 7.11 Å². The third kappa shape index (κ3) is 4.54. The molecule has 3 aromatic rings. The van der Waals surface area contributed by atoms with E-state index in [1.54, 1.807) is 26.4 Å². The molecule has 3 N–H and O–H groups in total. The molecule has 0 saturated heterocycles. The van der Waals surface area contributed by atoms with Gasteiger partial charge in [0, 0.05) is 11.3 Å². The maximum atomic E-state index is 13.5. The van der Waals surface area contributed by atoms with Crippen LogP contribution in [0.5, 0.6) is 17.2 Å². The molecule has 0 radical (unpaired) electrons. The van der Waals surface area contributed by atoms with Gasteiger partial charge in [-0.25, -0.2) is 0 Å². The van der Waals surface area contributed by atoms with Crippen LogP contribution in [0.1, 0.15) is 41.6 Å². The fourth-order valence-corrected chi connectivity index (χ4v) is 4.93. The summed E-state index contributed by atoms with van der Waals surface area (Å²) in [6, 6.07) is 18.3. The number of benzene rings is 3. The zero-order chi connectivity index (χ0) is 25.0. The molecule has 0 aliphatic heterocycles. The molecule has 1 aliphatic carbocycles. The number of amides is 2. The fraction of sp³-hybridized carbons (Fsp3) is 0.286. The van der Waals surface area contributed by atoms with Crippen LogP contribution in [0.25, 0.3) is 11.1 Å². The molecular weight excluding hydrogens is 444 g/mol. The molecule has 0 heterocycles. The van der Waals surface area contributed by atoms with E-state index in [0.717, 1.165) is 48.2 Å². The number of carbonyl (C=O) groups is 2. The van der Waals surface area contributed by atoms with E-state index in [4.69, 9.17) is 19.9 Å². The molecule has 1 saturated carbocycles. The largest absolute Gasteiger partial charge is 0.497 e. The molecule has 1 fully saturated rings. The molecule has 0 bridgehead atoms. The van der Waals surface area contributed by atoms with Crippen molar-refractivity contribution in [3.05, 3.63) is 71.8 Å². The molecule has 4 rings (SSSR count). The van der Waals surface area contributed by atoms with Crippen LogP contribution in [-0.4, -0.2) is 33.1 Å². The van der Waals surface area contributed by atoms with Gasteiger partial charge in [-0.15, -0.1) is 0 Å². The molecule has 0 aromatic heterocycles. The zero-order valence-electron chi connectivity index (χ0n) is 20.2. The first kappa shape index (κ1) is 24.1. The second kappa shape index (κ2) is 10.1. The van der Waals surface area contributed by atoms with Crippen molar-refractivity contribution >= 4 is 17.5 Å². The third-order valence-electron chi connectivity index (χ3n) is 6.78. The van der Waals surface area contributed by atoms with Crippen molar-refractivity contribution < 1.29 is 23.8 Å². The highest BCUT2D eigenvalue weighted by atomic mass is 16.5. The number of methoxy groups -OCH3 is 3. The second-order valence-electron chi connectivity index (χ2n) is 8.64. The number of carbonyl (C=O) groups excluding carboxylic acids is 2. The molecule has 0 spiro atoms. The van der Waals surface area contributed by atoms with Crippen LogP contribution >= 0.6 is 0 Å².